The zero-order valence-corrected chi connectivity index (χ0v) is 13.0. The van der Waals surface area contributed by atoms with Gasteiger partial charge in [0.05, 0.1) is 0 Å². The highest BCUT2D eigenvalue weighted by molar-refractivity contribution is 5.89. The van der Waals surface area contributed by atoms with E-state index in [-0.39, 0.29) is 12.1 Å². The first-order valence-electron chi connectivity index (χ1n) is 7.41. The van der Waals surface area contributed by atoms with Crippen molar-refractivity contribution in [3.63, 3.8) is 0 Å². The first-order valence-corrected chi connectivity index (χ1v) is 7.41. The summed E-state index contributed by atoms with van der Waals surface area (Å²) in [7, 11) is 0. The number of hydrogen-bond donors (Lipinski definition) is 3. The van der Waals surface area contributed by atoms with E-state index in [0.717, 1.165) is 18.7 Å². The maximum atomic E-state index is 11.7. The van der Waals surface area contributed by atoms with Gasteiger partial charge in [0.2, 0.25) is 0 Å². The van der Waals surface area contributed by atoms with Gasteiger partial charge in [-0.1, -0.05) is 32.9 Å². The molecule has 1 atom stereocenters. The van der Waals surface area contributed by atoms with Crippen LogP contribution in [-0.2, 0) is 0 Å². The molecule has 0 fully saturated rings. The predicted octanol–water partition coefficient (Wildman–Crippen LogP) is 3.52. The number of amides is 2. The molecule has 0 aliphatic rings. The fraction of sp³-hybridized carbons (Fsp3) is 0.562. The Balaban J connectivity index is 2.56. The molecule has 0 saturated carbocycles. The van der Waals surface area contributed by atoms with Gasteiger partial charge in [0.15, 0.2) is 0 Å². The Morgan fingerprint density at radius 2 is 2.00 bits per heavy atom. The van der Waals surface area contributed by atoms with E-state index < -0.39 is 0 Å². The van der Waals surface area contributed by atoms with Crippen molar-refractivity contribution in [1.29, 1.82) is 0 Å². The molecule has 4 heteroatoms. The minimum Gasteiger partial charge on any atom is -0.338 e. The van der Waals surface area contributed by atoms with Crippen LogP contribution in [0.1, 0.15) is 45.7 Å². The number of urea groups is 1. The summed E-state index contributed by atoms with van der Waals surface area (Å²) in [5.74, 6) is 0.449. The van der Waals surface area contributed by atoms with Gasteiger partial charge in [-0.05, 0) is 43.5 Å². The molecular weight excluding hydrogens is 250 g/mol. The molecule has 112 valence electrons. The maximum Gasteiger partial charge on any atom is 0.319 e. The molecular formula is C16H27N3O. The smallest absolute Gasteiger partial charge is 0.319 e. The van der Waals surface area contributed by atoms with Gasteiger partial charge in [-0.3, -0.25) is 0 Å². The molecule has 1 unspecified atom stereocenters. The summed E-state index contributed by atoms with van der Waals surface area (Å²) in [5.41, 5.74) is 2.01. The monoisotopic (exact) mass is 277 g/mol. The van der Waals surface area contributed by atoms with E-state index in [2.05, 4.69) is 49.7 Å². The van der Waals surface area contributed by atoms with Gasteiger partial charge in [-0.15, -0.1) is 0 Å². The molecule has 20 heavy (non-hydrogen) atoms. The fourth-order valence-electron chi connectivity index (χ4n) is 1.84. The molecule has 0 heterocycles. The summed E-state index contributed by atoms with van der Waals surface area (Å²) in [6.45, 7) is 10.1. The van der Waals surface area contributed by atoms with Crippen LogP contribution in [-0.4, -0.2) is 19.1 Å². The number of benzene rings is 1. The highest BCUT2D eigenvalue weighted by atomic mass is 16.2. The van der Waals surface area contributed by atoms with E-state index in [1.165, 1.54) is 5.56 Å². The Bertz CT molecular complexity index is 418. The zero-order chi connectivity index (χ0) is 15.0. The second-order valence-electron chi connectivity index (χ2n) is 5.53. The van der Waals surface area contributed by atoms with Crippen LogP contribution < -0.4 is 16.0 Å². The first-order chi connectivity index (χ1) is 9.52. The second-order valence-corrected chi connectivity index (χ2v) is 5.53. The van der Waals surface area contributed by atoms with Gasteiger partial charge >= 0.3 is 6.03 Å². The third kappa shape index (κ3) is 6.06. The van der Waals surface area contributed by atoms with Gasteiger partial charge < -0.3 is 16.0 Å². The Hall–Kier alpha value is -1.55. The minimum atomic E-state index is -0.148. The minimum absolute atomic E-state index is 0.148. The average Bonchev–Trinajstić information content (AvgIpc) is 2.42. The number of carbonyl (C=O) groups is 1. The molecule has 0 spiro atoms. The largest absolute Gasteiger partial charge is 0.338 e. The number of anilines is 1. The maximum absolute atomic E-state index is 11.7. The van der Waals surface area contributed by atoms with Crippen LogP contribution in [0.25, 0.3) is 0 Å². The lowest BCUT2D eigenvalue weighted by molar-refractivity contribution is 0.251. The highest BCUT2D eigenvalue weighted by Gasteiger charge is 2.07. The van der Waals surface area contributed by atoms with Gasteiger partial charge in [-0.25, -0.2) is 4.79 Å². The Morgan fingerprint density at radius 3 is 2.65 bits per heavy atom. The van der Waals surface area contributed by atoms with E-state index in [4.69, 9.17) is 0 Å². The fourth-order valence-corrected chi connectivity index (χ4v) is 1.84. The summed E-state index contributed by atoms with van der Waals surface area (Å²) >= 11 is 0. The highest BCUT2D eigenvalue weighted by Crippen LogP contribution is 2.17. The van der Waals surface area contributed by atoms with Crippen molar-refractivity contribution >= 4 is 11.7 Å². The van der Waals surface area contributed by atoms with Gasteiger partial charge in [0.1, 0.15) is 0 Å². The molecule has 0 saturated heterocycles. The van der Waals surface area contributed by atoms with Crippen LogP contribution in [0.3, 0.4) is 0 Å². The van der Waals surface area contributed by atoms with Crippen molar-refractivity contribution in [2.75, 3.05) is 18.4 Å². The summed E-state index contributed by atoms with van der Waals surface area (Å²) in [4.78, 5) is 11.7. The standard InChI is InChI=1S/C16H27N3O/c1-5-9-17-13(4)14-7-6-8-15(10-14)19-16(20)18-11-12(2)3/h6-8,10,12-13,17H,5,9,11H2,1-4H3,(H2,18,19,20). The van der Waals surface area contributed by atoms with Crippen LogP contribution in [0.5, 0.6) is 0 Å². The molecule has 0 radical (unpaired) electrons. The molecule has 2 amide bonds. The van der Waals surface area contributed by atoms with Gasteiger partial charge in [0, 0.05) is 18.3 Å². The topological polar surface area (TPSA) is 53.2 Å². The quantitative estimate of drug-likeness (QED) is 0.714. The zero-order valence-electron chi connectivity index (χ0n) is 13.0. The lowest BCUT2D eigenvalue weighted by atomic mass is 10.1. The van der Waals surface area contributed by atoms with Crippen LogP contribution in [0.2, 0.25) is 0 Å². The van der Waals surface area contributed by atoms with Crippen LogP contribution in [0.15, 0.2) is 24.3 Å². The van der Waals surface area contributed by atoms with Crippen molar-refractivity contribution in [3.05, 3.63) is 29.8 Å². The van der Waals surface area contributed by atoms with Crippen molar-refractivity contribution in [1.82, 2.24) is 10.6 Å². The lowest BCUT2D eigenvalue weighted by Gasteiger charge is -2.15. The van der Waals surface area contributed by atoms with Crippen molar-refractivity contribution in [2.24, 2.45) is 5.92 Å². The lowest BCUT2D eigenvalue weighted by Crippen LogP contribution is -2.31. The SMILES string of the molecule is CCCNC(C)c1cccc(NC(=O)NCC(C)C)c1. The summed E-state index contributed by atoms with van der Waals surface area (Å²) < 4.78 is 0. The van der Waals surface area contributed by atoms with E-state index in [9.17, 15) is 4.79 Å². The first kappa shape index (κ1) is 16.5. The second kappa shape index (κ2) is 8.59. The molecule has 0 aliphatic heterocycles. The Kier molecular flexibility index (Phi) is 7.09. The molecule has 3 N–H and O–H groups in total. The molecule has 1 aromatic rings. The van der Waals surface area contributed by atoms with E-state index in [0.29, 0.717) is 12.5 Å². The van der Waals surface area contributed by atoms with Crippen molar-refractivity contribution in [2.45, 2.75) is 40.2 Å². The Labute approximate surface area is 122 Å². The number of nitrogens with one attached hydrogen (secondary N) is 3. The summed E-state index contributed by atoms with van der Waals surface area (Å²) in [6, 6.07) is 8.11. The molecule has 0 aliphatic carbocycles. The number of carbonyl (C=O) groups excluding carboxylic acids is 1. The summed E-state index contributed by atoms with van der Waals surface area (Å²) in [6.07, 6.45) is 1.11. The van der Waals surface area contributed by atoms with E-state index in [1.807, 2.05) is 18.2 Å². The third-order valence-electron chi connectivity index (χ3n) is 3.02. The normalized spacial score (nSPS) is 12.2. The van der Waals surface area contributed by atoms with Crippen molar-refractivity contribution < 1.29 is 4.79 Å². The van der Waals surface area contributed by atoms with Crippen LogP contribution in [0.4, 0.5) is 10.5 Å². The molecule has 1 aromatic carbocycles. The third-order valence-corrected chi connectivity index (χ3v) is 3.02. The molecule has 0 bridgehead atoms. The Morgan fingerprint density at radius 1 is 1.25 bits per heavy atom. The number of hydrogen-bond acceptors (Lipinski definition) is 2. The predicted molar refractivity (Wildman–Crippen MR) is 85.0 cm³/mol. The van der Waals surface area contributed by atoms with Gasteiger partial charge in [-0.2, -0.15) is 0 Å². The molecule has 4 nitrogen and oxygen atoms in total. The van der Waals surface area contributed by atoms with Crippen LogP contribution >= 0.6 is 0 Å². The van der Waals surface area contributed by atoms with Crippen LogP contribution in [0, 0.1) is 5.92 Å². The van der Waals surface area contributed by atoms with Gasteiger partial charge in [0.25, 0.3) is 0 Å². The average molecular weight is 277 g/mol. The van der Waals surface area contributed by atoms with E-state index in [1.54, 1.807) is 0 Å². The van der Waals surface area contributed by atoms with E-state index >= 15 is 0 Å². The van der Waals surface area contributed by atoms with Crippen molar-refractivity contribution in [3.8, 4) is 0 Å². The number of rotatable bonds is 7. The summed E-state index contributed by atoms with van der Waals surface area (Å²) in [5, 5.41) is 9.16. The molecule has 0 aromatic heterocycles. The molecule has 1 rings (SSSR count).